The zero-order valence-corrected chi connectivity index (χ0v) is 28.6. The normalized spacial score (nSPS) is 22.2. The van der Waals surface area contributed by atoms with Crippen molar-refractivity contribution in [2.75, 3.05) is 56.7 Å². The number of nitriles is 1. The summed E-state index contributed by atoms with van der Waals surface area (Å²) >= 11 is 0. The third-order valence-electron chi connectivity index (χ3n) is 11.6. The Kier molecular flexibility index (Phi) is 8.69. The van der Waals surface area contributed by atoms with Crippen LogP contribution in [0.25, 0.3) is 0 Å². The van der Waals surface area contributed by atoms with Crippen LogP contribution in [0, 0.1) is 22.6 Å². The highest BCUT2D eigenvalue weighted by molar-refractivity contribution is 5.64. The number of pyridine rings is 1. The zero-order valence-electron chi connectivity index (χ0n) is 28.6. The number of likely N-dealkylation sites (tertiary alicyclic amines) is 1. The molecule has 7 rings (SSSR count). The second kappa shape index (κ2) is 12.8. The highest BCUT2D eigenvalue weighted by Crippen LogP contribution is 2.51. The molecule has 1 saturated heterocycles. The third kappa shape index (κ3) is 5.97. The molecule has 0 radical (unpaired) electrons. The summed E-state index contributed by atoms with van der Waals surface area (Å²) in [6.45, 7) is 5.64. The van der Waals surface area contributed by atoms with Crippen molar-refractivity contribution in [2.24, 2.45) is 5.41 Å². The van der Waals surface area contributed by atoms with Crippen molar-refractivity contribution < 1.29 is 13.5 Å². The van der Waals surface area contributed by atoms with Crippen LogP contribution in [-0.4, -0.2) is 65.1 Å². The molecule has 4 N–H and O–H groups in total. The van der Waals surface area contributed by atoms with E-state index in [1.165, 1.54) is 6.07 Å². The van der Waals surface area contributed by atoms with E-state index in [1.54, 1.807) is 6.20 Å². The summed E-state index contributed by atoms with van der Waals surface area (Å²) in [5, 5.41) is 10.2. The highest BCUT2D eigenvalue weighted by atomic mass is 19.1. The highest BCUT2D eigenvalue weighted by Gasteiger charge is 2.48. The monoisotopic (exact) mass is 669 g/mol. The van der Waals surface area contributed by atoms with Gasteiger partial charge in [-0.3, -0.25) is 4.90 Å². The predicted octanol–water partition coefficient (Wildman–Crippen LogP) is 5.57. The minimum absolute atomic E-state index is 0.0141. The Morgan fingerprint density at radius 2 is 1.94 bits per heavy atom. The molecule has 49 heavy (non-hydrogen) atoms. The fourth-order valence-corrected chi connectivity index (χ4v) is 8.29. The van der Waals surface area contributed by atoms with Crippen LogP contribution in [0.4, 0.5) is 26.1 Å². The summed E-state index contributed by atoms with van der Waals surface area (Å²) in [5.74, 6) is 0.835. The molecule has 3 aromatic rings. The molecule has 0 amide bonds. The number of rotatable bonds is 8. The van der Waals surface area contributed by atoms with Gasteiger partial charge in [-0.25, -0.2) is 13.8 Å². The fraction of sp³-hybridized carbons (Fsp3) is 0.514. The van der Waals surface area contributed by atoms with Gasteiger partial charge in [0.1, 0.15) is 23.5 Å². The first-order chi connectivity index (χ1) is 23.6. The van der Waals surface area contributed by atoms with Crippen LogP contribution in [0.3, 0.4) is 0 Å². The van der Waals surface area contributed by atoms with Gasteiger partial charge in [-0.15, -0.1) is 0 Å². The number of hydrogen-bond acceptors (Lipinski definition) is 10. The number of piperidine rings is 1. The van der Waals surface area contributed by atoms with Crippen LogP contribution in [-0.2, 0) is 24.9 Å². The molecule has 10 nitrogen and oxygen atoms in total. The van der Waals surface area contributed by atoms with Gasteiger partial charge in [-0.1, -0.05) is 6.07 Å². The number of benzene rings is 1. The van der Waals surface area contributed by atoms with Gasteiger partial charge in [-0.05, 0) is 87.7 Å². The number of aromatic nitrogens is 3. The third-order valence-corrected chi connectivity index (χ3v) is 11.6. The minimum atomic E-state index is -0.665. The largest absolute Gasteiger partial charge is 0.463 e. The molecular weight excluding hydrogens is 624 g/mol. The van der Waals surface area contributed by atoms with Gasteiger partial charge in [0.2, 0.25) is 0 Å². The maximum Gasteiger partial charge on any atom is 0.318 e. The molecular formula is C37H45F2N9O. The van der Waals surface area contributed by atoms with Crippen LogP contribution < -0.4 is 21.1 Å². The molecule has 12 heteroatoms. The Labute approximate surface area is 286 Å². The number of nitrogens with two attached hydrogens (primary N) is 2. The van der Waals surface area contributed by atoms with Gasteiger partial charge < -0.3 is 26.0 Å². The maximum absolute atomic E-state index is 15.5. The quantitative estimate of drug-likeness (QED) is 0.293. The second-order valence-electron chi connectivity index (χ2n) is 14.6. The Morgan fingerprint density at radius 3 is 2.63 bits per heavy atom. The van der Waals surface area contributed by atoms with Gasteiger partial charge in [0.25, 0.3) is 0 Å². The first-order valence-electron chi connectivity index (χ1n) is 17.3. The molecule has 2 atom stereocenters. The Bertz CT molecular complexity index is 1830. The number of nitrogen functional groups attached to an aromatic ring is 2. The van der Waals surface area contributed by atoms with Gasteiger partial charge in [0.05, 0.1) is 41.5 Å². The number of ether oxygens (including phenoxy) is 1. The number of hydrogen-bond donors (Lipinski definition) is 2. The first kappa shape index (κ1) is 33.2. The summed E-state index contributed by atoms with van der Waals surface area (Å²) in [5.41, 5.74) is 17.2. The maximum atomic E-state index is 15.5. The van der Waals surface area contributed by atoms with E-state index in [1.807, 2.05) is 26.2 Å². The standard InChI is InChI=1S/C37H45F2N9O/c1-23(25-7-5-13-43-33(25)42)47(3)34-28-20-46(2)37(10-4-6-26-29(39)16-30(41)27(19-40)32(26)37)17-31(28)44-35(45-34)49-22-36(11-12-36)21-48-14-8-24(18-38)9-15-48/h5,7,13,16,18,23H,4,6,8-12,14-15,17,20-22,41H2,1-3H3,(H2,42,43)/t23-,37-/m1/s1. The van der Waals surface area contributed by atoms with Crippen LogP contribution in [0.2, 0.25) is 0 Å². The Hall–Kier alpha value is -4.34. The average molecular weight is 670 g/mol. The summed E-state index contributed by atoms with van der Waals surface area (Å²) in [4.78, 5) is 21.2. The topological polar surface area (TPSA) is 133 Å². The van der Waals surface area contributed by atoms with Crippen molar-refractivity contribution in [3.8, 4) is 12.1 Å². The Balaban J connectivity index is 1.25. The molecule has 0 unspecified atom stereocenters. The van der Waals surface area contributed by atoms with E-state index in [2.05, 4.69) is 32.7 Å². The van der Waals surface area contributed by atoms with Crippen LogP contribution in [0.1, 0.15) is 85.0 Å². The van der Waals surface area contributed by atoms with Crippen molar-refractivity contribution in [1.82, 2.24) is 24.8 Å². The summed E-state index contributed by atoms with van der Waals surface area (Å²) in [6, 6.07) is 7.58. The van der Waals surface area contributed by atoms with Crippen molar-refractivity contribution in [1.29, 1.82) is 5.26 Å². The lowest BCUT2D eigenvalue weighted by Crippen LogP contribution is -2.51. The van der Waals surface area contributed by atoms with Crippen molar-refractivity contribution in [3.63, 3.8) is 0 Å². The Morgan fingerprint density at radius 1 is 1.16 bits per heavy atom. The number of anilines is 3. The van der Waals surface area contributed by atoms with Crippen LogP contribution >= 0.6 is 0 Å². The van der Waals surface area contributed by atoms with Gasteiger partial charge in [-0.2, -0.15) is 15.2 Å². The molecule has 2 aliphatic carbocycles. The number of halogens is 2. The second-order valence-corrected chi connectivity index (χ2v) is 14.6. The van der Waals surface area contributed by atoms with E-state index in [-0.39, 0.29) is 23.0 Å². The van der Waals surface area contributed by atoms with Gasteiger partial charge >= 0.3 is 6.01 Å². The van der Waals surface area contributed by atoms with E-state index in [0.29, 0.717) is 54.5 Å². The van der Waals surface area contributed by atoms with Gasteiger partial charge in [0, 0.05) is 62.4 Å². The first-order valence-corrected chi connectivity index (χ1v) is 17.3. The van der Waals surface area contributed by atoms with Crippen molar-refractivity contribution in [3.05, 3.63) is 75.6 Å². The zero-order chi connectivity index (χ0) is 34.5. The molecule has 0 bridgehead atoms. The van der Waals surface area contributed by atoms with E-state index in [9.17, 15) is 9.65 Å². The van der Waals surface area contributed by atoms with Crippen LogP contribution in [0.5, 0.6) is 6.01 Å². The average Bonchev–Trinajstić information content (AvgIpc) is 3.87. The SMILES string of the molecule is C[C@H](c1cccnc1N)N(C)c1nc(OCC2(CN3CCC(=CF)CC3)CC2)nc2c1CN(C)[C@]1(CCCc3c(F)cc(N)c(C#N)c31)C2. The molecule has 258 valence electrons. The predicted molar refractivity (Wildman–Crippen MR) is 185 cm³/mol. The smallest absolute Gasteiger partial charge is 0.318 e. The van der Waals surface area contributed by atoms with E-state index in [4.69, 9.17) is 26.2 Å². The van der Waals surface area contributed by atoms with E-state index < -0.39 is 5.54 Å². The molecule has 4 aliphatic rings. The molecule has 2 fully saturated rings. The summed E-state index contributed by atoms with van der Waals surface area (Å²) in [7, 11) is 4.02. The number of fused-ring (bicyclic) bond motifs is 3. The van der Waals surface area contributed by atoms with Crippen LogP contribution in [0.15, 0.2) is 36.3 Å². The van der Waals surface area contributed by atoms with Gasteiger partial charge in [0.15, 0.2) is 0 Å². The van der Waals surface area contributed by atoms with E-state index >= 15 is 4.39 Å². The van der Waals surface area contributed by atoms with Crippen molar-refractivity contribution in [2.45, 2.75) is 76.4 Å². The van der Waals surface area contributed by atoms with E-state index in [0.717, 1.165) is 92.7 Å². The molecule has 2 aliphatic heterocycles. The van der Waals surface area contributed by atoms with Crippen molar-refractivity contribution >= 4 is 17.3 Å². The molecule has 2 aromatic heterocycles. The minimum Gasteiger partial charge on any atom is -0.463 e. The number of nitrogens with zero attached hydrogens (tertiary/aromatic N) is 7. The molecule has 4 heterocycles. The number of likely N-dealkylation sites (N-methyl/N-ethyl adjacent to an activating group) is 1. The lowest BCUT2D eigenvalue weighted by Gasteiger charge is -2.50. The fourth-order valence-electron chi connectivity index (χ4n) is 8.29. The lowest BCUT2D eigenvalue weighted by atomic mass is 9.68. The summed E-state index contributed by atoms with van der Waals surface area (Å²) < 4.78 is 35.0. The lowest BCUT2D eigenvalue weighted by molar-refractivity contribution is 0.0712. The molecule has 1 spiro atoms. The summed E-state index contributed by atoms with van der Waals surface area (Å²) in [6.07, 6.45) is 8.60. The molecule has 1 saturated carbocycles. The molecule has 1 aromatic carbocycles.